The number of nitrogens with two attached hydrogens (primary N) is 1. The highest BCUT2D eigenvalue weighted by atomic mass is 35.5. The standard InChI is InChI=1S/C11H14ClN/c1-7-5-6-8-9(11(7)13)3-2-4-10(8)12/h2-4,7,11H,5-6,13H2,1H3. The van der Waals surface area contributed by atoms with Crippen LogP contribution in [0.1, 0.15) is 30.5 Å². The fraction of sp³-hybridized carbons (Fsp3) is 0.455. The zero-order valence-corrected chi connectivity index (χ0v) is 8.51. The van der Waals surface area contributed by atoms with Crippen LogP contribution in [-0.4, -0.2) is 0 Å². The maximum Gasteiger partial charge on any atom is 0.0441 e. The largest absolute Gasteiger partial charge is 0.324 e. The van der Waals surface area contributed by atoms with Gasteiger partial charge in [0.05, 0.1) is 0 Å². The van der Waals surface area contributed by atoms with Crippen molar-refractivity contribution in [2.24, 2.45) is 11.7 Å². The Kier molecular flexibility index (Phi) is 2.31. The third-order valence-electron chi connectivity index (χ3n) is 2.98. The van der Waals surface area contributed by atoms with Crippen LogP contribution in [0.2, 0.25) is 5.02 Å². The van der Waals surface area contributed by atoms with E-state index in [4.69, 9.17) is 17.3 Å². The van der Waals surface area contributed by atoms with E-state index in [1.54, 1.807) is 0 Å². The number of halogens is 1. The Hall–Kier alpha value is -0.530. The van der Waals surface area contributed by atoms with Gasteiger partial charge in [0.1, 0.15) is 0 Å². The molecule has 2 atom stereocenters. The summed E-state index contributed by atoms with van der Waals surface area (Å²) in [6.07, 6.45) is 2.22. The SMILES string of the molecule is CC1CCc2c(Cl)cccc2C1N. The van der Waals surface area contributed by atoms with E-state index in [9.17, 15) is 0 Å². The van der Waals surface area contributed by atoms with Crippen molar-refractivity contribution in [3.63, 3.8) is 0 Å². The van der Waals surface area contributed by atoms with Crippen molar-refractivity contribution >= 4 is 11.6 Å². The number of hydrogen-bond acceptors (Lipinski definition) is 1. The van der Waals surface area contributed by atoms with Crippen LogP contribution in [0.15, 0.2) is 18.2 Å². The molecule has 2 unspecified atom stereocenters. The van der Waals surface area contributed by atoms with Gasteiger partial charge in [-0.1, -0.05) is 30.7 Å². The zero-order valence-electron chi connectivity index (χ0n) is 7.76. The monoisotopic (exact) mass is 195 g/mol. The topological polar surface area (TPSA) is 26.0 Å². The van der Waals surface area contributed by atoms with E-state index in [2.05, 4.69) is 13.0 Å². The highest BCUT2D eigenvalue weighted by Crippen LogP contribution is 2.35. The molecule has 1 aliphatic rings. The molecule has 13 heavy (non-hydrogen) atoms. The molecule has 0 bridgehead atoms. The Morgan fingerprint density at radius 1 is 1.46 bits per heavy atom. The van der Waals surface area contributed by atoms with E-state index in [0.717, 1.165) is 17.9 Å². The van der Waals surface area contributed by atoms with Gasteiger partial charge >= 0.3 is 0 Å². The second kappa shape index (κ2) is 3.32. The Morgan fingerprint density at radius 3 is 3.00 bits per heavy atom. The molecule has 2 rings (SSSR count). The smallest absolute Gasteiger partial charge is 0.0441 e. The summed E-state index contributed by atoms with van der Waals surface area (Å²) < 4.78 is 0. The average Bonchev–Trinajstić information content (AvgIpc) is 2.12. The van der Waals surface area contributed by atoms with Crippen LogP contribution >= 0.6 is 11.6 Å². The molecular formula is C11H14ClN. The third kappa shape index (κ3) is 1.47. The molecular weight excluding hydrogens is 182 g/mol. The van der Waals surface area contributed by atoms with Crippen molar-refractivity contribution in [1.82, 2.24) is 0 Å². The molecule has 70 valence electrons. The van der Waals surface area contributed by atoms with Gasteiger partial charge in [-0.25, -0.2) is 0 Å². The first-order valence-corrected chi connectivity index (χ1v) is 5.11. The van der Waals surface area contributed by atoms with Gasteiger partial charge in [0.15, 0.2) is 0 Å². The van der Waals surface area contributed by atoms with E-state index in [0.29, 0.717) is 5.92 Å². The summed E-state index contributed by atoms with van der Waals surface area (Å²) >= 11 is 6.10. The molecule has 1 aromatic carbocycles. The summed E-state index contributed by atoms with van der Waals surface area (Å²) in [5, 5.41) is 0.875. The van der Waals surface area contributed by atoms with Gasteiger partial charge in [0, 0.05) is 11.1 Å². The minimum Gasteiger partial charge on any atom is -0.324 e. The van der Waals surface area contributed by atoms with Crippen molar-refractivity contribution in [3.8, 4) is 0 Å². The second-order valence-electron chi connectivity index (χ2n) is 3.85. The maximum atomic E-state index is 6.10. The molecule has 0 saturated heterocycles. The van der Waals surface area contributed by atoms with E-state index < -0.39 is 0 Å². The lowest BCUT2D eigenvalue weighted by Crippen LogP contribution is -2.25. The number of rotatable bonds is 0. The van der Waals surface area contributed by atoms with Gasteiger partial charge in [0.2, 0.25) is 0 Å². The van der Waals surface area contributed by atoms with E-state index in [1.807, 2.05) is 12.1 Å². The fourth-order valence-corrected chi connectivity index (χ4v) is 2.29. The van der Waals surface area contributed by atoms with Gasteiger partial charge in [-0.05, 0) is 36.0 Å². The Labute approximate surface area is 83.9 Å². The van der Waals surface area contributed by atoms with Crippen LogP contribution in [0.25, 0.3) is 0 Å². The summed E-state index contributed by atoms with van der Waals surface area (Å²) in [5.74, 6) is 0.575. The molecule has 0 spiro atoms. The molecule has 1 aliphatic carbocycles. The van der Waals surface area contributed by atoms with Crippen molar-refractivity contribution in [3.05, 3.63) is 34.3 Å². The molecule has 0 aromatic heterocycles. The summed E-state index contributed by atoms with van der Waals surface area (Å²) in [4.78, 5) is 0. The number of benzene rings is 1. The van der Waals surface area contributed by atoms with E-state index >= 15 is 0 Å². The Morgan fingerprint density at radius 2 is 2.23 bits per heavy atom. The van der Waals surface area contributed by atoms with Crippen molar-refractivity contribution in [1.29, 1.82) is 0 Å². The van der Waals surface area contributed by atoms with Gasteiger partial charge in [-0.15, -0.1) is 0 Å². The lowest BCUT2D eigenvalue weighted by molar-refractivity contribution is 0.412. The summed E-state index contributed by atoms with van der Waals surface area (Å²) in [7, 11) is 0. The highest BCUT2D eigenvalue weighted by molar-refractivity contribution is 6.31. The second-order valence-corrected chi connectivity index (χ2v) is 4.26. The average molecular weight is 196 g/mol. The van der Waals surface area contributed by atoms with Gasteiger partial charge < -0.3 is 5.73 Å². The minimum absolute atomic E-state index is 0.169. The van der Waals surface area contributed by atoms with Crippen LogP contribution in [0.4, 0.5) is 0 Å². The molecule has 1 nitrogen and oxygen atoms in total. The molecule has 0 heterocycles. The molecule has 2 N–H and O–H groups in total. The molecule has 2 heteroatoms. The molecule has 0 radical (unpaired) electrons. The van der Waals surface area contributed by atoms with Gasteiger partial charge in [-0.3, -0.25) is 0 Å². The molecule has 0 fully saturated rings. The van der Waals surface area contributed by atoms with Crippen LogP contribution in [0, 0.1) is 5.92 Å². The van der Waals surface area contributed by atoms with Crippen molar-refractivity contribution < 1.29 is 0 Å². The summed E-state index contributed by atoms with van der Waals surface area (Å²) in [5.41, 5.74) is 8.60. The highest BCUT2D eigenvalue weighted by Gasteiger charge is 2.24. The minimum atomic E-state index is 0.169. The van der Waals surface area contributed by atoms with Gasteiger partial charge in [0.25, 0.3) is 0 Å². The quantitative estimate of drug-likeness (QED) is 0.677. The van der Waals surface area contributed by atoms with Crippen LogP contribution < -0.4 is 5.73 Å². The fourth-order valence-electron chi connectivity index (χ4n) is 2.01. The van der Waals surface area contributed by atoms with Gasteiger partial charge in [-0.2, -0.15) is 0 Å². The summed E-state index contributed by atoms with van der Waals surface area (Å²) in [6, 6.07) is 6.20. The van der Waals surface area contributed by atoms with E-state index in [1.165, 1.54) is 11.1 Å². The predicted molar refractivity (Wildman–Crippen MR) is 55.9 cm³/mol. The third-order valence-corrected chi connectivity index (χ3v) is 3.33. The maximum absolute atomic E-state index is 6.10. The van der Waals surface area contributed by atoms with Crippen LogP contribution in [0.3, 0.4) is 0 Å². The summed E-state index contributed by atoms with van der Waals surface area (Å²) in [6.45, 7) is 2.20. The first-order valence-electron chi connectivity index (χ1n) is 4.73. The number of hydrogen-bond donors (Lipinski definition) is 1. The van der Waals surface area contributed by atoms with Crippen LogP contribution in [-0.2, 0) is 6.42 Å². The normalized spacial score (nSPS) is 27.0. The first-order chi connectivity index (χ1) is 6.20. The Bertz CT molecular complexity index is 322. The van der Waals surface area contributed by atoms with E-state index in [-0.39, 0.29) is 6.04 Å². The van der Waals surface area contributed by atoms with Crippen molar-refractivity contribution in [2.75, 3.05) is 0 Å². The van der Waals surface area contributed by atoms with Crippen LogP contribution in [0.5, 0.6) is 0 Å². The zero-order chi connectivity index (χ0) is 9.42. The first kappa shape index (κ1) is 9.04. The lowest BCUT2D eigenvalue weighted by Gasteiger charge is -2.28. The number of fused-ring (bicyclic) bond motifs is 1. The molecule has 1 aromatic rings. The van der Waals surface area contributed by atoms with Crippen molar-refractivity contribution in [2.45, 2.75) is 25.8 Å². The molecule has 0 amide bonds. The molecule has 0 saturated carbocycles. The predicted octanol–water partition coefficient (Wildman–Crippen LogP) is 2.92. The molecule has 0 aliphatic heterocycles. The Balaban J connectivity index is 2.49. The lowest BCUT2D eigenvalue weighted by atomic mass is 9.81.